The number of nitrogens with zero attached hydrogens (tertiary/aromatic N) is 4. The van der Waals surface area contributed by atoms with Gasteiger partial charge in [-0.1, -0.05) is 17.8 Å². The van der Waals surface area contributed by atoms with E-state index in [0.29, 0.717) is 19.5 Å². The highest BCUT2D eigenvalue weighted by atomic mass is 32.2. The number of amides is 2. The SMILES string of the molecule is CN1CCN(c2ncccc2CNC(=O)CCN2CCSC2=O)CC1. The van der Waals surface area contributed by atoms with Crippen molar-refractivity contribution in [2.75, 3.05) is 57.0 Å². The van der Waals surface area contributed by atoms with Gasteiger partial charge < -0.3 is 20.0 Å². The summed E-state index contributed by atoms with van der Waals surface area (Å²) < 4.78 is 0. The number of thioether (sulfide) groups is 1. The van der Waals surface area contributed by atoms with Crippen LogP contribution >= 0.6 is 11.8 Å². The summed E-state index contributed by atoms with van der Waals surface area (Å²) in [6.07, 6.45) is 2.14. The molecule has 1 N–H and O–H groups in total. The van der Waals surface area contributed by atoms with Crippen LogP contribution in [0.1, 0.15) is 12.0 Å². The molecule has 25 heavy (non-hydrogen) atoms. The molecular formula is C17H25N5O2S. The number of anilines is 1. The third-order valence-electron chi connectivity index (χ3n) is 4.60. The summed E-state index contributed by atoms with van der Waals surface area (Å²) in [5, 5.41) is 3.05. The van der Waals surface area contributed by atoms with Crippen LogP contribution in [0.15, 0.2) is 18.3 Å². The minimum Gasteiger partial charge on any atom is -0.354 e. The fourth-order valence-corrected chi connectivity index (χ4v) is 3.87. The molecule has 1 aromatic heterocycles. The zero-order valence-electron chi connectivity index (χ0n) is 14.6. The van der Waals surface area contributed by atoms with Crippen molar-refractivity contribution in [3.8, 4) is 0 Å². The molecule has 0 atom stereocenters. The maximum Gasteiger partial charge on any atom is 0.281 e. The van der Waals surface area contributed by atoms with Crippen LogP contribution in [-0.2, 0) is 11.3 Å². The van der Waals surface area contributed by atoms with Crippen LogP contribution in [0.4, 0.5) is 10.6 Å². The van der Waals surface area contributed by atoms with E-state index in [4.69, 9.17) is 0 Å². The maximum atomic E-state index is 12.1. The molecule has 0 bridgehead atoms. The Morgan fingerprint density at radius 3 is 2.80 bits per heavy atom. The minimum absolute atomic E-state index is 0.0297. The standard InChI is InChI=1S/C17H25N5O2S/c1-20-7-9-21(10-8-20)16-14(3-2-5-18-16)13-19-15(23)4-6-22-11-12-25-17(22)24/h2-3,5H,4,6-13H2,1H3,(H,19,23). The molecule has 2 aliphatic rings. The van der Waals surface area contributed by atoms with Crippen molar-refractivity contribution in [3.05, 3.63) is 23.9 Å². The average molecular weight is 363 g/mol. The molecule has 2 saturated heterocycles. The molecule has 0 aromatic carbocycles. The predicted octanol–water partition coefficient (Wildman–Crippen LogP) is 1.01. The fourth-order valence-electron chi connectivity index (χ4n) is 3.02. The van der Waals surface area contributed by atoms with Gasteiger partial charge in [-0.05, 0) is 13.1 Å². The zero-order valence-corrected chi connectivity index (χ0v) is 15.4. The first-order chi connectivity index (χ1) is 12.1. The monoisotopic (exact) mass is 363 g/mol. The van der Waals surface area contributed by atoms with Gasteiger partial charge >= 0.3 is 0 Å². The van der Waals surface area contributed by atoms with E-state index in [9.17, 15) is 9.59 Å². The second-order valence-electron chi connectivity index (χ2n) is 6.40. The van der Waals surface area contributed by atoms with Gasteiger partial charge in [0, 0.05) is 69.7 Å². The van der Waals surface area contributed by atoms with E-state index in [1.54, 1.807) is 11.1 Å². The van der Waals surface area contributed by atoms with E-state index in [2.05, 4.69) is 27.1 Å². The van der Waals surface area contributed by atoms with Gasteiger partial charge in [-0.2, -0.15) is 0 Å². The Hall–Kier alpha value is -1.80. The molecular weight excluding hydrogens is 338 g/mol. The van der Waals surface area contributed by atoms with Gasteiger partial charge in [0.2, 0.25) is 5.91 Å². The zero-order chi connectivity index (χ0) is 17.6. The molecule has 0 unspecified atom stereocenters. The van der Waals surface area contributed by atoms with Gasteiger partial charge in [0.05, 0.1) is 0 Å². The van der Waals surface area contributed by atoms with Crippen molar-refractivity contribution in [1.29, 1.82) is 0 Å². The molecule has 0 aliphatic carbocycles. The third-order valence-corrected chi connectivity index (χ3v) is 5.49. The van der Waals surface area contributed by atoms with Crippen LogP contribution in [0.3, 0.4) is 0 Å². The number of carbonyl (C=O) groups excluding carboxylic acids is 2. The van der Waals surface area contributed by atoms with E-state index in [-0.39, 0.29) is 11.1 Å². The van der Waals surface area contributed by atoms with Crippen LogP contribution < -0.4 is 10.2 Å². The number of hydrogen-bond donors (Lipinski definition) is 1. The summed E-state index contributed by atoms with van der Waals surface area (Å²) in [5.74, 6) is 1.75. The predicted molar refractivity (Wildman–Crippen MR) is 99.8 cm³/mol. The van der Waals surface area contributed by atoms with Crippen molar-refractivity contribution in [3.63, 3.8) is 0 Å². The van der Waals surface area contributed by atoms with Gasteiger partial charge in [-0.25, -0.2) is 4.98 Å². The number of carbonyl (C=O) groups is 2. The highest BCUT2D eigenvalue weighted by Crippen LogP contribution is 2.19. The quantitative estimate of drug-likeness (QED) is 0.814. The summed E-state index contributed by atoms with van der Waals surface area (Å²) in [6, 6.07) is 3.92. The largest absolute Gasteiger partial charge is 0.354 e. The number of rotatable bonds is 6. The van der Waals surface area contributed by atoms with Gasteiger partial charge in [0.1, 0.15) is 5.82 Å². The number of aromatic nitrogens is 1. The van der Waals surface area contributed by atoms with Crippen LogP contribution in [0.25, 0.3) is 0 Å². The number of hydrogen-bond acceptors (Lipinski definition) is 6. The van der Waals surface area contributed by atoms with Crippen LogP contribution in [0.2, 0.25) is 0 Å². The van der Waals surface area contributed by atoms with Gasteiger partial charge in [-0.15, -0.1) is 0 Å². The van der Waals surface area contributed by atoms with E-state index in [0.717, 1.165) is 49.9 Å². The van der Waals surface area contributed by atoms with Crippen LogP contribution in [-0.4, -0.2) is 78.0 Å². The number of piperazine rings is 1. The van der Waals surface area contributed by atoms with E-state index < -0.39 is 0 Å². The highest BCUT2D eigenvalue weighted by molar-refractivity contribution is 8.13. The Morgan fingerprint density at radius 1 is 1.28 bits per heavy atom. The number of pyridine rings is 1. The van der Waals surface area contributed by atoms with Gasteiger partial charge in [0.25, 0.3) is 5.24 Å². The summed E-state index contributed by atoms with van der Waals surface area (Å²) in [6.45, 7) is 5.64. The maximum absolute atomic E-state index is 12.1. The molecule has 136 valence electrons. The Balaban J connectivity index is 1.51. The van der Waals surface area contributed by atoms with Crippen molar-refractivity contribution in [2.24, 2.45) is 0 Å². The van der Waals surface area contributed by atoms with Crippen molar-refractivity contribution in [1.82, 2.24) is 20.1 Å². The van der Waals surface area contributed by atoms with Crippen LogP contribution in [0.5, 0.6) is 0 Å². The number of nitrogens with one attached hydrogen (secondary N) is 1. The van der Waals surface area contributed by atoms with Gasteiger partial charge in [0.15, 0.2) is 0 Å². The normalized spacial score (nSPS) is 18.7. The van der Waals surface area contributed by atoms with Crippen LogP contribution in [0, 0.1) is 0 Å². The third kappa shape index (κ3) is 4.85. The lowest BCUT2D eigenvalue weighted by atomic mass is 10.2. The lowest BCUT2D eigenvalue weighted by Crippen LogP contribution is -2.45. The summed E-state index contributed by atoms with van der Waals surface area (Å²) in [5.41, 5.74) is 1.04. The number of likely N-dealkylation sites (N-methyl/N-ethyl adjacent to an activating group) is 1. The van der Waals surface area contributed by atoms with Crippen molar-refractivity contribution >= 4 is 28.7 Å². The molecule has 1 aromatic rings. The summed E-state index contributed by atoms with van der Waals surface area (Å²) >= 11 is 1.32. The average Bonchev–Trinajstić information content (AvgIpc) is 3.04. The molecule has 3 rings (SSSR count). The fraction of sp³-hybridized carbons (Fsp3) is 0.588. The molecule has 0 spiro atoms. The molecule has 0 saturated carbocycles. The smallest absolute Gasteiger partial charge is 0.281 e. The molecule has 2 fully saturated rings. The molecule has 2 aliphatic heterocycles. The summed E-state index contributed by atoms with van der Waals surface area (Å²) in [4.78, 5) is 34.5. The molecule has 8 heteroatoms. The first-order valence-electron chi connectivity index (χ1n) is 8.69. The van der Waals surface area contributed by atoms with E-state index >= 15 is 0 Å². The Morgan fingerprint density at radius 2 is 2.08 bits per heavy atom. The highest BCUT2D eigenvalue weighted by Gasteiger charge is 2.22. The molecule has 7 nitrogen and oxygen atoms in total. The first kappa shape index (κ1) is 18.0. The van der Waals surface area contributed by atoms with Gasteiger partial charge in [-0.3, -0.25) is 9.59 Å². The topological polar surface area (TPSA) is 68.8 Å². The van der Waals surface area contributed by atoms with Crippen molar-refractivity contribution in [2.45, 2.75) is 13.0 Å². The van der Waals surface area contributed by atoms with Crippen molar-refractivity contribution < 1.29 is 9.59 Å². The molecule has 0 radical (unpaired) electrons. The van der Waals surface area contributed by atoms with E-state index in [1.165, 1.54) is 11.8 Å². The summed E-state index contributed by atoms with van der Waals surface area (Å²) in [7, 11) is 2.13. The second kappa shape index (κ2) is 8.53. The lowest BCUT2D eigenvalue weighted by Gasteiger charge is -2.34. The minimum atomic E-state index is -0.0297. The second-order valence-corrected chi connectivity index (χ2v) is 7.45. The molecule has 2 amide bonds. The Labute approximate surface area is 152 Å². The lowest BCUT2D eigenvalue weighted by molar-refractivity contribution is -0.121. The first-order valence-corrected chi connectivity index (χ1v) is 9.68. The molecule has 3 heterocycles. The Bertz CT molecular complexity index is 619. The Kier molecular flexibility index (Phi) is 6.14. The van der Waals surface area contributed by atoms with E-state index in [1.807, 2.05) is 12.1 Å².